The lowest BCUT2D eigenvalue weighted by Crippen LogP contribution is -2.07. The number of aromatic nitrogens is 3. The SMILES string of the molecule is CCn1c(COc2ccccc2)nnc1SCc1ccc(C(=O)O)o1. The Labute approximate surface area is 148 Å². The fourth-order valence-corrected chi connectivity index (χ4v) is 3.14. The molecule has 1 aromatic carbocycles. The molecule has 0 unspecified atom stereocenters. The summed E-state index contributed by atoms with van der Waals surface area (Å²) in [4.78, 5) is 10.8. The standard InChI is InChI=1S/C17H17N3O4S/c1-2-20-15(10-23-12-6-4-3-5-7-12)18-19-17(20)25-11-13-8-9-14(24-13)16(21)22/h3-9H,2,10-11H2,1H3,(H,21,22). The Morgan fingerprint density at radius 3 is 2.72 bits per heavy atom. The first-order valence-corrected chi connectivity index (χ1v) is 8.70. The first kappa shape index (κ1) is 17.1. The molecule has 3 aromatic rings. The van der Waals surface area contributed by atoms with E-state index >= 15 is 0 Å². The maximum absolute atomic E-state index is 10.8. The molecule has 0 saturated carbocycles. The highest BCUT2D eigenvalue weighted by Gasteiger charge is 2.14. The van der Waals surface area contributed by atoms with Gasteiger partial charge in [0.1, 0.15) is 18.1 Å². The first-order valence-electron chi connectivity index (χ1n) is 7.72. The molecule has 0 saturated heterocycles. The molecule has 0 radical (unpaired) electrons. The van der Waals surface area contributed by atoms with Gasteiger partial charge in [0, 0.05) is 6.54 Å². The number of furan rings is 1. The lowest BCUT2D eigenvalue weighted by Gasteiger charge is -2.08. The summed E-state index contributed by atoms with van der Waals surface area (Å²) in [5.74, 6) is 1.43. The smallest absolute Gasteiger partial charge is 0.371 e. The number of rotatable bonds is 8. The van der Waals surface area contributed by atoms with E-state index in [0.717, 1.165) is 16.7 Å². The average molecular weight is 359 g/mol. The number of nitrogens with zero attached hydrogens (tertiary/aromatic N) is 3. The molecule has 1 N–H and O–H groups in total. The van der Waals surface area contributed by atoms with E-state index < -0.39 is 5.97 Å². The monoisotopic (exact) mass is 359 g/mol. The van der Waals surface area contributed by atoms with Crippen LogP contribution in [-0.4, -0.2) is 25.8 Å². The second-order valence-corrected chi connectivity index (χ2v) is 6.05. The molecule has 25 heavy (non-hydrogen) atoms. The largest absolute Gasteiger partial charge is 0.486 e. The number of carboxylic acids is 1. The van der Waals surface area contributed by atoms with Gasteiger partial charge < -0.3 is 18.8 Å². The van der Waals surface area contributed by atoms with Crippen LogP contribution in [0.4, 0.5) is 0 Å². The molecule has 0 atom stereocenters. The van der Waals surface area contributed by atoms with Crippen LogP contribution in [0.1, 0.15) is 29.1 Å². The molecule has 0 aliphatic heterocycles. The second-order valence-electron chi connectivity index (χ2n) is 5.10. The number of hydrogen-bond donors (Lipinski definition) is 1. The van der Waals surface area contributed by atoms with Crippen LogP contribution in [0.15, 0.2) is 52.0 Å². The van der Waals surface area contributed by atoms with Crippen molar-refractivity contribution in [3.63, 3.8) is 0 Å². The zero-order chi connectivity index (χ0) is 17.6. The Kier molecular flexibility index (Phi) is 5.39. The van der Waals surface area contributed by atoms with Crippen molar-refractivity contribution in [2.45, 2.75) is 31.0 Å². The minimum absolute atomic E-state index is 0.0653. The summed E-state index contributed by atoms with van der Waals surface area (Å²) in [6.45, 7) is 3.05. The van der Waals surface area contributed by atoms with Crippen LogP contribution in [0.5, 0.6) is 5.75 Å². The maximum Gasteiger partial charge on any atom is 0.371 e. The predicted molar refractivity (Wildman–Crippen MR) is 91.7 cm³/mol. The van der Waals surface area contributed by atoms with Crippen molar-refractivity contribution in [1.29, 1.82) is 0 Å². The van der Waals surface area contributed by atoms with Crippen LogP contribution in [0.25, 0.3) is 0 Å². The van der Waals surface area contributed by atoms with E-state index in [2.05, 4.69) is 10.2 Å². The maximum atomic E-state index is 10.8. The second kappa shape index (κ2) is 7.89. The molecule has 8 heteroatoms. The Morgan fingerprint density at radius 1 is 1.24 bits per heavy atom. The summed E-state index contributed by atoms with van der Waals surface area (Å²) in [5.41, 5.74) is 0. The van der Waals surface area contributed by atoms with Gasteiger partial charge in [0.25, 0.3) is 0 Å². The molecule has 130 valence electrons. The van der Waals surface area contributed by atoms with Crippen molar-refractivity contribution in [3.8, 4) is 5.75 Å². The third kappa shape index (κ3) is 4.21. The summed E-state index contributed by atoms with van der Waals surface area (Å²) in [5, 5.41) is 18.0. The number of carboxylic acid groups (broad SMARTS) is 1. The third-order valence-corrected chi connectivity index (χ3v) is 4.43. The normalized spacial score (nSPS) is 10.8. The van der Waals surface area contributed by atoms with Gasteiger partial charge in [-0.25, -0.2) is 4.79 Å². The summed E-state index contributed by atoms with van der Waals surface area (Å²) in [6.07, 6.45) is 0. The molecule has 0 amide bonds. The molecule has 0 spiro atoms. The first-order chi connectivity index (χ1) is 12.2. The zero-order valence-corrected chi connectivity index (χ0v) is 14.4. The number of ether oxygens (including phenoxy) is 1. The van der Waals surface area contributed by atoms with E-state index in [9.17, 15) is 4.79 Å². The van der Waals surface area contributed by atoms with Gasteiger partial charge in [-0.1, -0.05) is 30.0 Å². The van der Waals surface area contributed by atoms with Crippen LogP contribution < -0.4 is 4.74 Å². The van der Waals surface area contributed by atoms with Crippen LogP contribution in [-0.2, 0) is 18.9 Å². The predicted octanol–water partition coefficient (Wildman–Crippen LogP) is 3.46. The quantitative estimate of drug-likeness (QED) is 0.616. The molecule has 7 nitrogen and oxygen atoms in total. The summed E-state index contributed by atoms with van der Waals surface area (Å²) < 4.78 is 12.9. The van der Waals surface area contributed by atoms with Gasteiger partial charge >= 0.3 is 5.97 Å². The Hall–Kier alpha value is -2.74. The molecule has 0 bridgehead atoms. The molecule has 2 heterocycles. The van der Waals surface area contributed by atoms with Gasteiger partial charge in [0.2, 0.25) is 5.76 Å². The molecule has 0 fully saturated rings. The number of carbonyl (C=O) groups is 1. The van der Waals surface area contributed by atoms with Crippen LogP contribution >= 0.6 is 11.8 Å². The van der Waals surface area contributed by atoms with Crippen molar-refractivity contribution in [3.05, 3.63) is 59.8 Å². The van der Waals surface area contributed by atoms with Crippen molar-refractivity contribution in [2.24, 2.45) is 0 Å². The molecule has 2 aromatic heterocycles. The average Bonchev–Trinajstić information content (AvgIpc) is 3.25. The molecular formula is C17H17N3O4S. The van der Waals surface area contributed by atoms with Crippen molar-refractivity contribution < 1.29 is 19.1 Å². The highest BCUT2D eigenvalue weighted by atomic mass is 32.2. The van der Waals surface area contributed by atoms with Crippen LogP contribution in [0, 0.1) is 0 Å². The Morgan fingerprint density at radius 2 is 2.04 bits per heavy atom. The third-order valence-electron chi connectivity index (χ3n) is 3.44. The number of hydrogen-bond acceptors (Lipinski definition) is 6. The molecule has 3 rings (SSSR count). The Bertz CT molecular complexity index is 845. The van der Waals surface area contributed by atoms with Gasteiger partial charge in [-0.3, -0.25) is 0 Å². The van der Waals surface area contributed by atoms with Crippen LogP contribution in [0.2, 0.25) is 0 Å². The van der Waals surface area contributed by atoms with Gasteiger partial charge in [-0.2, -0.15) is 0 Å². The van der Waals surface area contributed by atoms with E-state index in [1.165, 1.54) is 17.8 Å². The molecule has 0 aliphatic carbocycles. The highest BCUT2D eigenvalue weighted by molar-refractivity contribution is 7.98. The van der Waals surface area contributed by atoms with Gasteiger partial charge in [-0.15, -0.1) is 10.2 Å². The topological polar surface area (TPSA) is 90.4 Å². The number of para-hydroxylation sites is 1. The van der Waals surface area contributed by atoms with E-state index in [1.54, 1.807) is 6.07 Å². The minimum atomic E-state index is -1.08. The van der Waals surface area contributed by atoms with Crippen LogP contribution in [0.3, 0.4) is 0 Å². The number of thioether (sulfide) groups is 1. The number of aromatic carboxylic acids is 1. The summed E-state index contributed by atoms with van der Waals surface area (Å²) >= 11 is 1.44. The fourth-order valence-electron chi connectivity index (χ4n) is 2.22. The molecule has 0 aliphatic rings. The highest BCUT2D eigenvalue weighted by Crippen LogP contribution is 2.23. The van der Waals surface area contributed by atoms with E-state index in [-0.39, 0.29) is 5.76 Å². The fraction of sp³-hybridized carbons (Fsp3) is 0.235. The molecular weight excluding hydrogens is 342 g/mol. The minimum Gasteiger partial charge on any atom is -0.486 e. The van der Waals surface area contributed by atoms with E-state index in [0.29, 0.717) is 24.7 Å². The summed E-state index contributed by atoms with van der Waals surface area (Å²) in [7, 11) is 0. The van der Waals surface area contributed by atoms with Crippen molar-refractivity contribution >= 4 is 17.7 Å². The van der Waals surface area contributed by atoms with E-state index in [4.69, 9.17) is 14.3 Å². The van der Waals surface area contributed by atoms with Gasteiger partial charge in [0.15, 0.2) is 11.0 Å². The van der Waals surface area contributed by atoms with Gasteiger partial charge in [-0.05, 0) is 31.2 Å². The van der Waals surface area contributed by atoms with E-state index in [1.807, 2.05) is 41.8 Å². The summed E-state index contributed by atoms with van der Waals surface area (Å²) in [6, 6.07) is 12.6. The lowest BCUT2D eigenvalue weighted by atomic mass is 10.3. The number of benzene rings is 1. The Balaban J connectivity index is 1.63. The van der Waals surface area contributed by atoms with Crippen molar-refractivity contribution in [2.75, 3.05) is 0 Å². The van der Waals surface area contributed by atoms with Crippen molar-refractivity contribution in [1.82, 2.24) is 14.8 Å². The lowest BCUT2D eigenvalue weighted by molar-refractivity contribution is 0.0661. The zero-order valence-electron chi connectivity index (χ0n) is 13.6. The van der Waals surface area contributed by atoms with Gasteiger partial charge in [0.05, 0.1) is 5.75 Å².